The van der Waals surface area contributed by atoms with E-state index in [1.54, 1.807) is 4.90 Å². The van der Waals surface area contributed by atoms with Crippen LogP contribution in [0.15, 0.2) is 30.3 Å². The number of amides is 2. The van der Waals surface area contributed by atoms with Gasteiger partial charge in [-0.2, -0.15) is 0 Å². The van der Waals surface area contributed by atoms with Crippen LogP contribution in [0, 0.1) is 5.92 Å². The van der Waals surface area contributed by atoms with E-state index in [-0.39, 0.29) is 24.3 Å². The van der Waals surface area contributed by atoms with Crippen molar-refractivity contribution in [2.45, 2.75) is 12.8 Å². The number of carbonyl (C=O) groups is 2. The van der Waals surface area contributed by atoms with E-state index in [4.69, 9.17) is 4.74 Å². The minimum Gasteiger partial charge on any atom is -0.484 e. The molecule has 126 valence electrons. The lowest BCUT2D eigenvalue weighted by molar-refractivity contribution is -0.137. The molecule has 0 saturated carbocycles. The van der Waals surface area contributed by atoms with Crippen molar-refractivity contribution >= 4 is 11.8 Å². The Kier molecular flexibility index (Phi) is 6.87. The fourth-order valence-electron chi connectivity index (χ4n) is 2.63. The van der Waals surface area contributed by atoms with Crippen LogP contribution in [0.5, 0.6) is 5.75 Å². The second kappa shape index (κ2) is 9.15. The molecule has 6 heteroatoms. The standard InChI is InChI=1S/C17H25N3O3/c1-18-9-10-19-17(22)14-6-5-11-20(12-14)16(21)13-23-15-7-3-2-4-8-15/h2-4,7-8,14,18H,5-6,9-13H2,1H3,(H,19,22). The van der Waals surface area contributed by atoms with Crippen LogP contribution in [-0.2, 0) is 9.59 Å². The Morgan fingerprint density at radius 3 is 2.78 bits per heavy atom. The topological polar surface area (TPSA) is 70.7 Å². The Bertz CT molecular complexity index is 507. The van der Waals surface area contributed by atoms with Crippen LogP contribution in [0.3, 0.4) is 0 Å². The van der Waals surface area contributed by atoms with Crippen LogP contribution in [0.1, 0.15) is 12.8 Å². The summed E-state index contributed by atoms with van der Waals surface area (Å²) in [5.74, 6) is 0.517. The van der Waals surface area contributed by atoms with Gasteiger partial charge in [0.2, 0.25) is 5.91 Å². The van der Waals surface area contributed by atoms with E-state index in [0.29, 0.717) is 25.4 Å². The van der Waals surface area contributed by atoms with Gasteiger partial charge in [0.1, 0.15) is 5.75 Å². The molecule has 0 radical (unpaired) electrons. The van der Waals surface area contributed by atoms with Crippen molar-refractivity contribution in [1.82, 2.24) is 15.5 Å². The second-order valence-electron chi connectivity index (χ2n) is 5.68. The number of carbonyl (C=O) groups excluding carboxylic acids is 2. The van der Waals surface area contributed by atoms with E-state index in [2.05, 4.69) is 10.6 Å². The maximum Gasteiger partial charge on any atom is 0.260 e. The maximum absolute atomic E-state index is 12.3. The molecule has 1 aromatic carbocycles. The van der Waals surface area contributed by atoms with Crippen molar-refractivity contribution in [3.05, 3.63) is 30.3 Å². The number of ether oxygens (including phenoxy) is 1. The number of nitrogens with one attached hydrogen (secondary N) is 2. The third kappa shape index (κ3) is 5.56. The van der Waals surface area contributed by atoms with E-state index in [1.165, 1.54) is 0 Å². The molecule has 1 heterocycles. The number of para-hydroxylation sites is 1. The van der Waals surface area contributed by atoms with Crippen molar-refractivity contribution < 1.29 is 14.3 Å². The van der Waals surface area contributed by atoms with Crippen LogP contribution in [-0.4, -0.2) is 56.5 Å². The summed E-state index contributed by atoms with van der Waals surface area (Å²) in [6.07, 6.45) is 1.68. The number of nitrogens with zero attached hydrogens (tertiary/aromatic N) is 1. The van der Waals surface area contributed by atoms with Crippen molar-refractivity contribution in [3.63, 3.8) is 0 Å². The quantitative estimate of drug-likeness (QED) is 0.724. The van der Waals surface area contributed by atoms with Crippen LogP contribution < -0.4 is 15.4 Å². The lowest BCUT2D eigenvalue weighted by Crippen LogP contribution is -2.47. The lowest BCUT2D eigenvalue weighted by atomic mass is 9.97. The molecule has 1 saturated heterocycles. The van der Waals surface area contributed by atoms with E-state index in [1.807, 2.05) is 37.4 Å². The predicted molar refractivity (Wildman–Crippen MR) is 88.2 cm³/mol. The monoisotopic (exact) mass is 319 g/mol. The zero-order chi connectivity index (χ0) is 16.5. The van der Waals surface area contributed by atoms with Gasteiger partial charge < -0.3 is 20.3 Å². The first kappa shape index (κ1) is 17.3. The number of rotatable bonds is 7. The Morgan fingerprint density at radius 1 is 1.26 bits per heavy atom. The van der Waals surface area contributed by atoms with Crippen LogP contribution in [0.2, 0.25) is 0 Å². The number of likely N-dealkylation sites (tertiary alicyclic amines) is 1. The van der Waals surface area contributed by atoms with Crippen molar-refractivity contribution in [2.24, 2.45) is 5.92 Å². The molecule has 2 N–H and O–H groups in total. The molecular formula is C17H25N3O3. The highest BCUT2D eigenvalue weighted by Crippen LogP contribution is 2.17. The Morgan fingerprint density at radius 2 is 2.04 bits per heavy atom. The van der Waals surface area contributed by atoms with Crippen molar-refractivity contribution in [3.8, 4) is 5.75 Å². The molecule has 0 aromatic heterocycles. The van der Waals surface area contributed by atoms with Gasteiger partial charge in [0.05, 0.1) is 5.92 Å². The van der Waals surface area contributed by atoms with E-state index in [9.17, 15) is 9.59 Å². The molecule has 1 atom stereocenters. The number of hydrogen-bond acceptors (Lipinski definition) is 4. The predicted octanol–water partition coefficient (Wildman–Crippen LogP) is 0.640. The summed E-state index contributed by atoms with van der Waals surface area (Å²) >= 11 is 0. The summed E-state index contributed by atoms with van der Waals surface area (Å²) in [5.41, 5.74) is 0. The van der Waals surface area contributed by atoms with Gasteiger partial charge in [0.15, 0.2) is 6.61 Å². The minimum absolute atomic E-state index is 0.0120. The van der Waals surface area contributed by atoms with Crippen LogP contribution in [0.4, 0.5) is 0 Å². The first-order chi connectivity index (χ1) is 11.2. The molecule has 6 nitrogen and oxygen atoms in total. The Hall–Kier alpha value is -2.08. The number of piperidine rings is 1. The van der Waals surface area contributed by atoms with E-state index >= 15 is 0 Å². The van der Waals surface area contributed by atoms with Gasteiger partial charge in [-0.15, -0.1) is 0 Å². The average molecular weight is 319 g/mol. The molecule has 1 fully saturated rings. The SMILES string of the molecule is CNCCNC(=O)C1CCCN(C(=O)COc2ccccc2)C1. The highest BCUT2D eigenvalue weighted by Gasteiger charge is 2.28. The van der Waals surface area contributed by atoms with Gasteiger partial charge in [-0.1, -0.05) is 18.2 Å². The molecule has 23 heavy (non-hydrogen) atoms. The summed E-state index contributed by atoms with van der Waals surface area (Å²) in [7, 11) is 1.85. The molecular weight excluding hydrogens is 294 g/mol. The Balaban J connectivity index is 1.78. The third-order valence-corrected chi connectivity index (χ3v) is 3.92. The first-order valence-electron chi connectivity index (χ1n) is 8.08. The highest BCUT2D eigenvalue weighted by molar-refractivity contribution is 5.81. The molecule has 1 aliphatic heterocycles. The number of hydrogen-bond donors (Lipinski definition) is 2. The average Bonchev–Trinajstić information content (AvgIpc) is 2.61. The Labute approximate surface area is 137 Å². The third-order valence-electron chi connectivity index (χ3n) is 3.92. The summed E-state index contributed by atoms with van der Waals surface area (Å²) in [6.45, 7) is 2.53. The first-order valence-corrected chi connectivity index (χ1v) is 8.08. The maximum atomic E-state index is 12.3. The zero-order valence-corrected chi connectivity index (χ0v) is 13.6. The molecule has 2 rings (SSSR count). The summed E-state index contributed by atoms with van der Waals surface area (Å²) in [5, 5.41) is 5.89. The normalized spacial score (nSPS) is 17.6. The lowest BCUT2D eigenvalue weighted by Gasteiger charge is -2.32. The summed E-state index contributed by atoms with van der Waals surface area (Å²) < 4.78 is 5.50. The summed E-state index contributed by atoms with van der Waals surface area (Å²) in [6, 6.07) is 9.28. The molecule has 1 aliphatic rings. The minimum atomic E-state index is -0.124. The van der Waals surface area contributed by atoms with Gasteiger partial charge in [0, 0.05) is 26.2 Å². The molecule has 2 amide bonds. The summed E-state index contributed by atoms with van der Waals surface area (Å²) in [4.78, 5) is 26.1. The van der Waals surface area contributed by atoms with E-state index < -0.39 is 0 Å². The smallest absolute Gasteiger partial charge is 0.260 e. The molecule has 1 unspecified atom stereocenters. The number of benzene rings is 1. The van der Waals surface area contributed by atoms with Crippen molar-refractivity contribution in [1.29, 1.82) is 0 Å². The van der Waals surface area contributed by atoms with Gasteiger partial charge in [0.25, 0.3) is 5.91 Å². The van der Waals surface area contributed by atoms with Crippen molar-refractivity contribution in [2.75, 3.05) is 39.8 Å². The second-order valence-corrected chi connectivity index (χ2v) is 5.68. The fourth-order valence-corrected chi connectivity index (χ4v) is 2.63. The molecule has 1 aromatic rings. The van der Waals surface area contributed by atoms with E-state index in [0.717, 1.165) is 19.4 Å². The fraction of sp³-hybridized carbons (Fsp3) is 0.529. The zero-order valence-electron chi connectivity index (χ0n) is 13.6. The molecule has 0 bridgehead atoms. The van der Waals surface area contributed by atoms with Gasteiger partial charge in [-0.05, 0) is 32.0 Å². The molecule has 0 aliphatic carbocycles. The largest absolute Gasteiger partial charge is 0.484 e. The van der Waals surface area contributed by atoms with Crippen LogP contribution >= 0.6 is 0 Å². The molecule has 0 spiro atoms. The van der Waals surface area contributed by atoms with Gasteiger partial charge in [-0.3, -0.25) is 9.59 Å². The number of likely N-dealkylation sites (N-methyl/N-ethyl adjacent to an activating group) is 1. The van der Waals surface area contributed by atoms with Gasteiger partial charge >= 0.3 is 0 Å². The van der Waals surface area contributed by atoms with Crippen LogP contribution in [0.25, 0.3) is 0 Å². The van der Waals surface area contributed by atoms with Gasteiger partial charge in [-0.25, -0.2) is 0 Å². The highest BCUT2D eigenvalue weighted by atomic mass is 16.5.